The fourth-order valence-electron chi connectivity index (χ4n) is 9.76. The number of rotatable bonds is 55. The van der Waals surface area contributed by atoms with Gasteiger partial charge in [0.2, 0.25) is 0 Å². The molecule has 0 heterocycles. The second-order valence-electron chi connectivity index (χ2n) is 20.8. The van der Waals surface area contributed by atoms with E-state index in [-0.39, 0.29) is 17.7 Å². The maximum absolute atomic E-state index is 13.8. The number of ketones is 2. The number of hydrogen-bond acceptors (Lipinski definition) is 6. The molecule has 3 unspecified atom stereocenters. The van der Waals surface area contributed by atoms with Crippen LogP contribution in [-0.4, -0.2) is 49.6 Å². The smallest absolute Gasteiger partial charge is 0.183 e. The molecule has 0 amide bonds. The molecule has 0 saturated heterocycles. The summed E-state index contributed by atoms with van der Waals surface area (Å²) in [7, 11) is 0. The van der Waals surface area contributed by atoms with Crippen molar-refractivity contribution in [2.24, 2.45) is 0 Å². The van der Waals surface area contributed by atoms with Crippen molar-refractivity contribution in [1.29, 1.82) is 0 Å². The van der Waals surface area contributed by atoms with Crippen molar-refractivity contribution >= 4 is 28.6 Å². The van der Waals surface area contributed by atoms with Crippen LogP contribution in [0.1, 0.15) is 342 Å². The second kappa shape index (κ2) is 49.7. The monoisotopic (exact) mass is 935 g/mol. The molecule has 0 fully saturated rings. The molecular weight excluding hydrogens is 821 g/mol. The Morgan fingerprint density at radius 2 is 0.538 bits per heavy atom. The van der Waals surface area contributed by atoms with E-state index in [2.05, 4.69) is 20.8 Å². The number of Topliss-reactive ketones (excluding diaryl/α,β-unsaturated/α-hetero) is 2. The third kappa shape index (κ3) is 38.8. The zero-order valence-corrected chi connectivity index (χ0v) is 44.9. The summed E-state index contributed by atoms with van der Waals surface area (Å²) in [5, 5.41) is 34.4. The van der Waals surface area contributed by atoms with E-state index in [0.29, 0.717) is 19.3 Å². The van der Waals surface area contributed by atoms with Crippen LogP contribution < -0.4 is 0 Å². The van der Waals surface area contributed by atoms with E-state index in [1.54, 1.807) is 0 Å². The SMILES string of the molecule is CCCCCCCCCCCCCCCCCCCCCCCC(=S)C(O)(C(=O)CCCCCCCCCCCCCCC)C(O)C(O)C(=O)CCCCCCCCCCCCCCC. The first-order valence-corrected chi connectivity index (χ1v) is 29.9. The molecule has 0 aliphatic heterocycles. The predicted octanol–water partition coefficient (Wildman–Crippen LogP) is 18.5. The molecular formula is C59H114O5S. The van der Waals surface area contributed by atoms with E-state index in [1.807, 2.05) is 0 Å². The van der Waals surface area contributed by atoms with Gasteiger partial charge in [-0.15, -0.1) is 0 Å². The lowest BCUT2D eigenvalue weighted by molar-refractivity contribution is -0.154. The summed E-state index contributed by atoms with van der Waals surface area (Å²) >= 11 is 5.72. The first kappa shape index (κ1) is 64.3. The van der Waals surface area contributed by atoms with Crippen molar-refractivity contribution in [3.05, 3.63) is 0 Å². The van der Waals surface area contributed by atoms with Gasteiger partial charge < -0.3 is 15.3 Å². The summed E-state index contributed by atoms with van der Waals surface area (Å²) < 4.78 is 0. The molecule has 0 aromatic heterocycles. The van der Waals surface area contributed by atoms with Gasteiger partial charge in [-0.05, 0) is 25.7 Å². The predicted molar refractivity (Wildman–Crippen MR) is 287 cm³/mol. The molecule has 0 radical (unpaired) electrons. The molecule has 0 aromatic rings. The molecule has 386 valence electrons. The Morgan fingerprint density at radius 3 is 0.785 bits per heavy atom. The van der Waals surface area contributed by atoms with E-state index in [1.165, 1.54) is 231 Å². The minimum absolute atomic E-state index is 0.0790. The lowest BCUT2D eigenvalue weighted by Crippen LogP contribution is -2.60. The van der Waals surface area contributed by atoms with Crippen LogP contribution in [0.4, 0.5) is 0 Å². The van der Waals surface area contributed by atoms with Crippen LogP contribution in [-0.2, 0) is 9.59 Å². The minimum Gasteiger partial charge on any atom is -0.386 e. The summed E-state index contributed by atoms with van der Waals surface area (Å²) in [6.07, 6.45) is 55.1. The van der Waals surface area contributed by atoms with Crippen molar-refractivity contribution in [3.8, 4) is 0 Å². The highest BCUT2D eigenvalue weighted by atomic mass is 32.1. The van der Waals surface area contributed by atoms with Gasteiger partial charge >= 0.3 is 0 Å². The van der Waals surface area contributed by atoms with Gasteiger partial charge in [0.25, 0.3) is 0 Å². The summed E-state index contributed by atoms with van der Waals surface area (Å²) in [5.74, 6) is -1.06. The molecule has 0 aliphatic rings. The summed E-state index contributed by atoms with van der Waals surface area (Å²) in [5.41, 5.74) is -2.38. The quantitative estimate of drug-likeness (QED) is 0.0415. The molecule has 0 aliphatic carbocycles. The molecule has 3 N–H and O–H groups in total. The average molecular weight is 936 g/mol. The molecule has 0 bridgehead atoms. The molecule has 65 heavy (non-hydrogen) atoms. The Balaban J connectivity index is 4.62. The topological polar surface area (TPSA) is 94.8 Å². The van der Waals surface area contributed by atoms with E-state index in [0.717, 1.165) is 57.8 Å². The molecule has 0 spiro atoms. The number of aliphatic hydroxyl groups is 3. The Bertz CT molecular complexity index is 1030. The van der Waals surface area contributed by atoms with Crippen LogP contribution >= 0.6 is 12.2 Å². The lowest BCUT2D eigenvalue weighted by atomic mass is 9.80. The van der Waals surface area contributed by atoms with Gasteiger partial charge in [0, 0.05) is 17.7 Å². The highest BCUT2D eigenvalue weighted by molar-refractivity contribution is 7.80. The number of unbranched alkanes of at least 4 members (excludes halogenated alkanes) is 44. The van der Waals surface area contributed by atoms with E-state index < -0.39 is 29.4 Å². The van der Waals surface area contributed by atoms with E-state index in [9.17, 15) is 24.9 Å². The second-order valence-corrected chi connectivity index (χ2v) is 21.3. The van der Waals surface area contributed by atoms with Crippen molar-refractivity contribution in [1.82, 2.24) is 0 Å². The van der Waals surface area contributed by atoms with Gasteiger partial charge in [-0.3, -0.25) is 9.59 Å². The summed E-state index contributed by atoms with van der Waals surface area (Å²) in [6, 6.07) is 0. The van der Waals surface area contributed by atoms with Gasteiger partial charge in [0.15, 0.2) is 17.2 Å². The Hall–Kier alpha value is -0.690. The first-order valence-electron chi connectivity index (χ1n) is 29.4. The molecule has 0 saturated carbocycles. The molecule has 5 nitrogen and oxygen atoms in total. The Kier molecular flexibility index (Phi) is 49.2. The van der Waals surface area contributed by atoms with Crippen molar-refractivity contribution in [2.45, 2.75) is 360 Å². The standard InChI is InChI=1S/C59H114O5S/c1-4-7-10-13-16-19-22-25-26-27-28-29-30-31-32-35-38-41-44-47-50-53-56(65)59(64,55(61)52-49-46-43-40-37-34-24-21-18-15-12-9-6-3)58(63)57(62)54(60)51-48-45-42-39-36-33-23-20-17-14-11-8-5-2/h57-58,62-64H,4-53H2,1-3H3. The highest BCUT2D eigenvalue weighted by Gasteiger charge is 2.50. The van der Waals surface area contributed by atoms with Crippen molar-refractivity contribution < 1.29 is 24.9 Å². The fourth-order valence-corrected chi connectivity index (χ4v) is 10.1. The molecule has 6 heteroatoms. The third-order valence-electron chi connectivity index (χ3n) is 14.4. The number of thiocarbonyl (C=S) groups is 1. The maximum atomic E-state index is 13.8. The Morgan fingerprint density at radius 1 is 0.338 bits per heavy atom. The zero-order chi connectivity index (χ0) is 47.7. The van der Waals surface area contributed by atoms with Crippen LogP contribution in [0, 0.1) is 0 Å². The Labute approximate surface area is 411 Å². The van der Waals surface area contributed by atoms with Crippen LogP contribution in [0.25, 0.3) is 0 Å². The molecule has 0 aromatic carbocycles. The maximum Gasteiger partial charge on any atom is 0.183 e. The van der Waals surface area contributed by atoms with Crippen LogP contribution in [0.15, 0.2) is 0 Å². The van der Waals surface area contributed by atoms with Crippen LogP contribution in [0.2, 0.25) is 0 Å². The van der Waals surface area contributed by atoms with Gasteiger partial charge in [-0.2, -0.15) is 0 Å². The largest absolute Gasteiger partial charge is 0.386 e. The number of hydrogen-bond donors (Lipinski definition) is 3. The number of carbonyl (C=O) groups is 2. The highest BCUT2D eigenvalue weighted by Crippen LogP contribution is 2.27. The summed E-state index contributed by atoms with van der Waals surface area (Å²) in [4.78, 5) is 27.0. The number of aliphatic hydroxyl groups excluding tert-OH is 2. The van der Waals surface area contributed by atoms with Gasteiger partial charge in [0.1, 0.15) is 12.2 Å². The van der Waals surface area contributed by atoms with Crippen molar-refractivity contribution in [3.63, 3.8) is 0 Å². The van der Waals surface area contributed by atoms with Crippen LogP contribution in [0.5, 0.6) is 0 Å². The van der Waals surface area contributed by atoms with Gasteiger partial charge in [-0.1, -0.05) is 316 Å². The van der Waals surface area contributed by atoms with E-state index >= 15 is 0 Å². The molecule has 3 atom stereocenters. The van der Waals surface area contributed by atoms with Crippen LogP contribution in [0.3, 0.4) is 0 Å². The third-order valence-corrected chi connectivity index (χ3v) is 15.0. The lowest BCUT2D eigenvalue weighted by Gasteiger charge is -2.34. The fraction of sp³-hybridized carbons (Fsp3) is 0.949. The first-order chi connectivity index (χ1) is 31.8. The molecule has 0 rings (SSSR count). The van der Waals surface area contributed by atoms with Gasteiger partial charge in [0.05, 0.1) is 0 Å². The number of carbonyl (C=O) groups excluding carboxylic acids is 2. The van der Waals surface area contributed by atoms with Gasteiger partial charge in [-0.25, -0.2) is 0 Å². The minimum atomic E-state index is -2.38. The van der Waals surface area contributed by atoms with Crippen molar-refractivity contribution in [2.75, 3.05) is 0 Å². The zero-order valence-electron chi connectivity index (χ0n) is 44.1. The normalized spacial score (nSPS) is 13.6. The summed E-state index contributed by atoms with van der Waals surface area (Å²) in [6.45, 7) is 6.80. The van der Waals surface area contributed by atoms with E-state index in [4.69, 9.17) is 12.2 Å². The average Bonchev–Trinajstić information content (AvgIpc) is 3.31.